The second-order valence-corrected chi connectivity index (χ2v) is 30.2. The summed E-state index contributed by atoms with van der Waals surface area (Å²) in [4.78, 5) is 0. The van der Waals surface area contributed by atoms with E-state index in [0.717, 1.165) is 0 Å². The molecule has 0 aliphatic heterocycles. The van der Waals surface area contributed by atoms with Gasteiger partial charge in [0, 0.05) is 115 Å². The molecule has 0 aliphatic carbocycles. The Hall–Kier alpha value is -10.8. The SMILES string of the molecule is Cc1ccccc1-c1c(C(C)C)cc2ccccc2[n+]1C.Cc1ccccc1-c1cc(C(C)C)c2ccccc2[n+]1C.Cc1ccccc1-c1ccc2c(C(C)C)cccc2[n+]1C.Cc1ccccc1-c1ccc2cc(C(C)C)ccc2[n+]1C.Cc1ccccc1-c1ccc2ccc(C(C)C)cc2[n+]1C. The first-order chi connectivity index (χ1) is 50.4. The normalized spacial score (nSPS) is 11.3. The Morgan fingerprint density at radius 2 is 0.562 bits per heavy atom. The van der Waals surface area contributed by atoms with Crippen LogP contribution in [0.15, 0.2) is 273 Å². The lowest BCUT2D eigenvalue weighted by Crippen LogP contribution is -2.34. The molecule has 0 unspecified atom stereocenters. The van der Waals surface area contributed by atoms with Gasteiger partial charge in [0.05, 0.1) is 0 Å². The Morgan fingerprint density at radius 3 is 1.07 bits per heavy atom. The number of nitrogens with zero attached hydrogens (tertiary/aromatic N) is 5. The monoisotopic (exact) mass is 1380 g/mol. The van der Waals surface area contributed by atoms with Crippen molar-refractivity contribution in [3.8, 4) is 56.3 Å². The highest BCUT2D eigenvalue weighted by Gasteiger charge is 2.25. The van der Waals surface area contributed by atoms with Gasteiger partial charge in [-0.2, -0.15) is 22.8 Å². The molecule has 0 bridgehead atoms. The molecule has 105 heavy (non-hydrogen) atoms. The number of para-hydroxylation sites is 2. The largest absolute Gasteiger partial charge is 0.216 e. The van der Waals surface area contributed by atoms with Gasteiger partial charge in [-0.3, -0.25) is 0 Å². The lowest BCUT2D eigenvalue weighted by Gasteiger charge is -2.14. The van der Waals surface area contributed by atoms with Gasteiger partial charge >= 0.3 is 0 Å². The van der Waals surface area contributed by atoms with Crippen molar-refractivity contribution < 1.29 is 22.8 Å². The van der Waals surface area contributed by atoms with Gasteiger partial charge in [-0.25, -0.2) is 0 Å². The average molecular weight is 1380 g/mol. The van der Waals surface area contributed by atoms with Gasteiger partial charge in [-0.15, -0.1) is 0 Å². The van der Waals surface area contributed by atoms with E-state index in [4.69, 9.17) is 0 Å². The summed E-state index contributed by atoms with van der Waals surface area (Å²) >= 11 is 0. The zero-order chi connectivity index (χ0) is 74.9. The lowest BCUT2D eigenvalue weighted by atomic mass is 9.93. The summed E-state index contributed by atoms with van der Waals surface area (Å²) in [5.74, 6) is 2.67. The Morgan fingerprint density at radius 1 is 0.210 bits per heavy atom. The maximum absolute atomic E-state index is 2.36. The fourth-order valence-electron chi connectivity index (χ4n) is 15.0. The van der Waals surface area contributed by atoms with E-state index in [1.807, 2.05) is 0 Å². The van der Waals surface area contributed by atoms with Gasteiger partial charge in [-0.05, 0) is 193 Å². The molecule has 10 aromatic carbocycles. The quantitative estimate of drug-likeness (QED) is 0.122. The van der Waals surface area contributed by atoms with E-state index in [1.165, 1.54) is 166 Å². The lowest BCUT2D eigenvalue weighted by molar-refractivity contribution is -0.634. The number of hydrogen-bond donors (Lipinski definition) is 0. The minimum absolute atomic E-state index is 0.496. The van der Waals surface area contributed by atoms with Crippen molar-refractivity contribution >= 4 is 54.5 Å². The topological polar surface area (TPSA) is 19.4 Å². The van der Waals surface area contributed by atoms with E-state index in [-0.39, 0.29) is 0 Å². The molecule has 0 saturated heterocycles. The van der Waals surface area contributed by atoms with Crippen molar-refractivity contribution in [3.05, 3.63) is 329 Å². The van der Waals surface area contributed by atoms with Gasteiger partial charge in [0.1, 0.15) is 35.2 Å². The molecular formula is C100H110N5+5. The minimum Gasteiger partial charge on any atom is -0.194 e. The van der Waals surface area contributed by atoms with Crippen LogP contribution in [0.3, 0.4) is 0 Å². The van der Waals surface area contributed by atoms with E-state index >= 15 is 0 Å². The van der Waals surface area contributed by atoms with Crippen LogP contribution in [-0.2, 0) is 35.2 Å². The van der Waals surface area contributed by atoms with Crippen LogP contribution in [0, 0.1) is 34.6 Å². The molecule has 530 valence electrons. The summed E-state index contributed by atoms with van der Waals surface area (Å²) in [6.45, 7) is 33.4. The van der Waals surface area contributed by atoms with Gasteiger partial charge in [0.15, 0.2) is 0 Å². The molecule has 15 rings (SSSR count). The van der Waals surface area contributed by atoms with Gasteiger partial charge < -0.3 is 0 Å². The number of benzene rings is 10. The second-order valence-electron chi connectivity index (χ2n) is 30.2. The summed E-state index contributed by atoms with van der Waals surface area (Å²) in [6.07, 6.45) is 0. The fraction of sp³-hybridized carbons (Fsp3) is 0.250. The van der Waals surface area contributed by atoms with E-state index in [1.54, 1.807) is 0 Å². The molecule has 0 spiro atoms. The number of aryl methyl sites for hydroxylation is 10. The average Bonchev–Trinajstić information content (AvgIpc) is 0.790. The number of aromatic nitrogens is 5. The Balaban J connectivity index is 0.000000131. The maximum Gasteiger partial charge on any atom is 0.216 e. The minimum atomic E-state index is 0.496. The highest BCUT2D eigenvalue weighted by Crippen LogP contribution is 2.34. The standard InChI is InChI=1S/5C20H22N/c1-14(2)18-13-16-10-6-8-12-19(16)21(4)20(18)17-11-7-5-9-15(17)3;1-14(2)18-13-20(16-10-6-5-9-15(16)3)21(4)19-12-8-7-11-17(18)19;1-14(2)16-10-7-11-19-18(16)12-13-20(21(19)4)17-9-6-5-8-15(17)3;1-14(2)16-9-11-19-17(13-16)10-12-20(21(19)4)18-8-6-5-7-15(18)3;1-14(2)17-10-9-16-11-12-19(21(4)20(16)13-17)18-8-6-5-7-15(18)3/h5*5-14H,1-4H3/q5*+1. The highest BCUT2D eigenvalue weighted by atomic mass is 15.0. The third-order valence-corrected chi connectivity index (χ3v) is 21.4. The van der Waals surface area contributed by atoms with Crippen molar-refractivity contribution in [2.24, 2.45) is 35.2 Å². The molecule has 15 aromatic rings. The van der Waals surface area contributed by atoms with Crippen LogP contribution in [0.25, 0.3) is 111 Å². The van der Waals surface area contributed by atoms with Crippen LogP contribution < -0.4 is 22.8 Å². The van der Waals surface area contributed by atoms with Crippen LogP contribution in [0.4, 0.5) is 0 Å². The first-order valence-corrected chi connectivity index (χ1v) is 37.8. The number of rotatable bonds is 10. The van der Waals surface area contributed by atoms with Gasteiger partial charge in [-0.1, -0.05) is 209 Å². The molecule has 0 aliphatic rings. The molecule has 5 aromatic heterocycles. The molecule has 0 saturated carbocycles. The molecule has 5 heterocycles. The second kappa shape index (κ2) is 33.4. The third kappa shape index (κ3) is 16.5. The molecule has 5 heteroatoms. The van der Waals surface area contributed by atoms with Crippen molar-refractivity contribution in [1.29, 1.82) is 0 Å². The molecule has 0 amide bonds. The number of hydrogen-bond acceptors (Lipinski definition) is 0. The van der Waals surface area contributed by atoms with Crippen LogP contribution in [0.5, 0.6) is 0 Å². The van der Waals surface area contributed by atoms with Crippen LogP contribution in [-0.4, -0.2) is 0 Å². The van der Waals surface area contributed by atoms with Gasteiger partial charge in [0.2, 0.25) is 56.1 Å². The smallest absolute Gasteiger partial charge is 0.194 e. The zero-order valence-corrected chi connectivity index (χ0v) is 66.1. The Labute approximate surface area is 627 Å². The maximum atomic E-state index is 2.36. The highest BCUT2D eigenvalue weighted by molar-refractivity contribution is 5.85. The predicted octanol–water partition coefficient (Wildman–Crippen LogP) is 23.8. The number of fused-ring (bicyclic) bond motifs is 5. The summed E-state index contributed by atoms with van der Waals surface area (Å²) in [7, 11) is 10.8. The first-order valence-electron chi connectivity index (χ1n) is 37.8. The van der Waals surface area contributed by atoms with Crippen LogP contribution in [0.2, 0.25) is 0 Å². The summed E-state index contributed by atoms with van der Waals surface area (Å²) in [5, 5.41) is 6.61. The van der Waals surface area contributed by atoms with E-state index in [9.17, 15) is 0 Å². The van der Waals surface area contributed by atoms with Gasteiger partial charge in [0.25, 0.3) is 0 Å². The van der Waals surface area contributed by atoms with Crippen molar-refractivity contribution in [2.75, 3.05) is 0 Å². The molecular weight excluding hydrogens is 1270 g/mol. The fourth-order valence-corrected chi connectivity index (χ4v) is 15.0. The Kier molecular flexibility index (Phi) is 24.0. The van der Waals surface area contributed by atoms with Crippen molar-refractivity contribution in [3.63, 3.8) is 0 Å². The van der Waals surface area contributed by atoms with Crippen LogP contribution in [0.1, 0.15) is 154 Å². The summed E-state index contributed by atoms with van der Waals surface area (Å²) < 4.78 is 11.6. The molecule has 0 atom stereocenters. The molecule has 0 radical (unpaired) electrons. The van der Waals surface area contributed by atoms with E-state index in [0.29, 0.717) is 29.6 Å². The van der Waals surface area contributed by atoms with Crippen molar-refractivity contribution in [2.45, 2.75) is 133 Å². The zero-order valence-electron chi connectivity index (χ0n) is 66.1. The first kappa shape index (κ1) is 75.4. The van der Waals surface area contributed by atoms with Crippen LogP contribution >= 0.6 is 0 Å². The Bertz CT molecular complexity index is 5530. The number of pyridine rings is 5. The summed E-state index contributed by atoms with van der Waals surface area (Å²) in [6, 6.07) is 98.6. The molecule has 0 N–H and O–H groups in total. The molecule has 5 nitrogen and oxygen atoms in total. The van der Waals surface area contributed by atoms with E-state index < -0.39 is 0 Å². The molecule has 0 fully saturated rings. The third-order valence-electron chi connectivity index (χ3n) is 21.4. The predicted molar refractivity (Wildman–Crippen MR) is 447 cm³/mol. The van der Waals surface area contributed by atoms with E-state index in [2.05, 4.69) is 435 Å². The van der Waals surface area contributed by atoms with Crippen molar-refractivity contribution in [1.82, 2.24) is 0 Å². The summed E-state index contributed by atoms with van der Waals surface area (Å²) in [5.41, 5.74) is 33.0.